The standard InChI is InChI=1S/C12H20N4O2S2/c1-8(2)12(3,4)7-14-20(17,18)10-9(13)15-11-16(10)5-6-19-11/h5-6,8,14H,7,13H2,1-4H3. The second kappa shape index (κ2) is 5.01. The van der Waals surface area contributed by atoms with E-state index in [-0.39, 0.29) is 16.3 Å². The largest absolute Gasteiger partial charge is 0.381 e. The number of nitrogen functional groups attached to an aromatic ring is 1. The molecule has 0 spiro atoms. The van der Waals surface area contributed by atoms with E-state index in [1.165, 1.54) is 15.7 Å². The van der Waals surface area contributed by atoms with Gasteiger partial charge >= 0.3 is 0 Å². The Morgan fingerprint density at radius 1 is 1.50 bits per heavy atom. The van der Waals surface area contributed by atoms with Crippen LogP contribution in [-0.2, 0) is 10.0 Å². The second-order valence-corrected chi connectivity index (χ2v) is 8.38. The molecule has 0 aliphatic rings. The minimum absolute atomic E-state index is 0.0216. The van der Waals surface area contributed by atoms with Crippen molar-refractivity contribution in [1.29, 1.82) is 0 Å². The zero-order valence-electron chi connectivity index (χ0n) is 12.0. The molecular weight excluding hydrogens is 296 g/mol. The number of hydrogen-bond donors (Lipinski definition) is 2. The molecule has 2 heterocycles. The van der Waals surface area contributed by atoms with Gasteiger partial charge in [-0.05, 0) is 11.3 Å². The number of thiazole rings is 1. The van der Waals surface area contributed by atoms with Gasteiger partial charge in [0.1, 0.15) is 0 Å². The van der Waals surface area contributed by atoms with Crippen molar-refractivity contribution in [2.24, 2.45) is 11.3 Å². The van der Waals surface area contributed by atoms with Gasteiger partial charge in [0.25, 0.3) is 10.0 Å². The van der Waals surface area contributed by atoms with Crippen LogP contribution in [0.2, 0.25) is 0 Å². The van der Waals surface area contributed by atoms with Crippen LogP contribution >= 0.6 is 11.3 Å². The van der Waals surface area contributed by atoms with Gasteiger partial charge in [-0.2, -0.15) is 0 Å². The van der Waals surface area contributed by atoms with Crippen LogP contribution in [0.1, 0.15) is 27.7 Å². The van der Waals surface area contributed by atoms with E-state index in [9.17, 15) is 8.42 Å². The Kier molecular flexibility index (Phi) is 3.83. The summed E-state index contributed by atoms with van der Waals surface area (Å²) in [4.78, 5) is 4.63. The first-order valence-electron chi connectivity index (χ1n) is 6.36. The fraction of sp³-hybridized carbons (Fsp3) is 0.583. The summed E-state index contributed by atoms with van der Waals surface area (Å²) in [7, 11) is -3.68. The predicted molar refractivity (Wildman–Crippen MR) is 81.3 cm³/mol. The van der Waals surface area contributed by atoms with Crippen molar-refractivity contribution >= 4 is 32.1 Å². The molecule has 112 valence electrons. The minimum Gasteiger partial charge on any atom is -0.381 e. The van der Waals surface area contributed by atoms with Gasteiger partial charge in [0.2, 0.25) is 0 Å². The maximum atomic E-state index is 12.4. The molecule has 20 heavy (non-hydrogen) atoms. The molecule has 0 fully saturated rings. The topological polar surface area (TPSA) is 89.5 Å². The highest BCUT2D eigenvalue weighted by atomic mass is 32.2. The maximum Gasteiger partial charge on any atom is 0.260 e. The molecule has 0 atom stereocenters. The van der Waals surface area contributed by atoms with Crippen LogP contribution in [0.3, 0.4) is 0 Å². The summed E-state index contributed by atoms with van der Waals surface area (Å²) in [6, 6.07) is 0. The number of nitrogens with zero attached hydrogens (tertiary/aromatic N) is 2. The van der Waals surface area contributed by atoms with Crippen molar-refractivity contribution in [2.75, 3.05) is 12.3 Å². The molecule has 0 bridgehead atoms. The predicted octanol–water partition coefficient (Wildman–Crippen LogP) is 1.94. The quantitative estimate of drug-likeness (QED) is 0.882. The van der Waals surface area contributed by atoms with Crippen molar-refractivity contribution in [2.45, 2.75) is 32.7 Å². The molecule has 0 saturated heterocycles. The fourth-order valence-corrected chi connectivity index (χ4v) is 3.81. The van der Waals surface area contributed by atoms with Gasteiger partial charge in [-0.15, -0.1) is 11.3 Å². The first-order chi connectivity index (χ1) is 9.15. The third-order valence-electron chi connectivity index (χ3n) is 3.78. The van der Waals surface area contributed by atoms with Crippen molar-refractivity contribution in [1.82, 2.24) is 14.1 Å². The average molecular weight is 316 g/mol. The average Bonchev–Trinajstić information content (AvgIpc) is 2.85. The summed E-state index contributed by atoms with van der Waals surface area (Å²) in [6.07, 6.45) is 1.66. The third kappa shape index (κ3) is 2.68. The summed E-state index contributed by atoms with van der Waals surface area (Å²) < 4.78 is 29.0. The van der Waals surface area contributed by atoms with Gasteiger partial charge in [-0.1, -0.05) is 27.7 Å². The van der Waals surface area contributed by atoms with Crippen LogP contribution in [0, 0.1) is 11.3 Å². The van der Waals surface area contributed by atoms with E-state index in [1.807, 2.05) is 13.8 Å². The molecule has 8 heteroatoms. The number of sulfonamides is 1. The van der Waals surface area contributed by atoms with Crippen LogP contribution in [0.5, 0.6) is 0 Å². The molecule has 0 radical (unpaired) electrons. The molecule has 6 nitrogen and oxygen atoms in total. The number of nitrogens with two attached hydrogens (primary N) is 1. The lowest BCUT2D eigenvalue weighted by molar-refractivity contribution is 0.252. The number of hydrogen-bond acceptors (Lipinski definition) is 5. The first kappa shape index (κ1) is 15.3. The molecule has 2 aromatic rings. The molecule has 3 N–H and O–H groups in total. The van der Waals surface area contributed by atoms with Gasteiger partial charge < -0.3 is 5.73 Å². The van der Waals surface area contributed by atoms with Crippen LogP contribution < -0.4 is 10.5 Å². The number of nitrogens with one attached hydrogen (secondary N) is 1. The molecule has 0 amide bonds. The van der Waals surface area contributed by atoms with Gasteiger partial charge in [-0.3, -0.25) is 4.40 Å². The molecule has 2 rings (SSSR count). The van der Waals surface area contributed by atoms with E-state index >= 15 is 0 Å². The normalized spacial score (nSPS) is 13.4. The molecule has 0 aromatic carbocycles. The number of imidazole rings is 1. The van der Waals surface area contributed by atoms with Crippen LogP contribution in [0.4, 0.5) is 5.82 Å². The second-order valence-electron chi connectivity index (χ2n) is 5.83. The monoisotopic (exact) mass is 316 g/mol. The minimum atomic E-state index is -3.68. The number of rotatable bonds is 5. The SMILES string of the molecule is CC(C)C(C)(C)CNS(=O)(=O)c1c(N)nc2sccn12. The van der Waals surface area contributed by atoms with E-state index in [2.05, 4.69) is 23.6 Å². The first-order valence-corrected chi connectivity index (χ1v) is 8.72. The Hall–Kier alpha value is -1.12. The number of fused-ring (bicyclic) bond motifs is 1. The van der Waals surface area contributed by atoms with Gasteiger partial charge in [-0.25, -0.2) is 18.1 Å². The van der Waals surface area contributed by atoms with E-state index in [0.29, 0.717) is 17.4 Å². The Morgan fingerprint density at radius 3 is 2.75 bits per heavy atom. The molecule has 2 aromatic heterocycles. The van der Waals surface area contributed by atoms with Gasteiger partial charge in [0.15, 0.2) is 15.8 Å². The van der Waals surface area contributed by atoms with Crippen molar-refractivity contribution in [3.8, 4) is 0 Å². The Balaban J connectivity index is 2.32. The molecule has 0 unspecified atom stereocenters. The summed E-state index contributed by atoms with van der Waals surface area (Å²) in [5.74, 6) is 0.390. The molecule has 0 aliphatic carbocycles. The van der Waals surface area contributed by atoms with E-state index in [0.717, 1.165) is 0 Å². The van der Waals surface area contributed by atoms with Crippen LogP contribution in [-0.4, -0.2) is 24.3 Å². The van der Waals surface area contributed by atoms with Gasteiger partial charge in [0.05, 0.1) is 0 Å². The Labute approximate surface area is 123 Å². The summed E-state index contributed by atoms with van der Waals surface area (Å²) >= 11 is 1.35. The lowest BCUT2D eigenvalue weighted by Gasteiger charge is -2.29. The maximum absolute atomic E-state index is 12.4. The van der Waals surface area contributed by atoms with Crippen molar-refractivity contribution < 1.29 is 8.42 Å². The fourth-order valence-electron chi connectivity index (χ4n) is 1.60. The summed E-state index contributed by atoms with van der Waals surface area (Å²) in [5.41, 5.74) is 5.60. The van der Waals surface area contributed by atoms with Gasteiger partial charge in [0, 0.05) is 18.1 Å². The molecular formula is C12H20N4O2S2. The highest BCUT2D eigenvalue weighted by Crippen LogP contribution is 2.27. The van der Waals surface area contributed by atoms with Crippen LogP contribution in [0.25, 0.3) is 4.96 Å². The van der Waals surface area contributed by atoms with E-state index < -0.39 is 10.0 Å². The van der Waals surface area contributed by atoms with Crippen molar-refractivity contribution in [3.63, 3.8) is 0 Å². The third-order valence-corrected chi connectivity index (χ3v) is 5.97. The Morgan fingerprint density at radius 2 is 2.15 bits per heavy atom. The zero-order valence-corrected chi connectivity index (χ0v) is 13.7. The summed E-state index contributed by atoms with van der Waals surface area (Å²) in [6.45, 7) is 8.54. The van der Waals surface area contributed by atoms with Crippen LogP contribution in [0.15, 0.2) is 16.6 Å². The number of aromatic nitrogens is 2. The lowest BCUT2D eigenvalue weighted by Crippen LogP contribution is -2.37. The molecule has 0 aliphatic heterocycles. The highest BCUT2D eigenvalue weighted by Gasteiger charge is 2.29. The lowest BCUT2D eigenvalue weighted by atomic mass is 9.81. The molecule has 0 saturated carbocycles. The Bertz CT molecular complexity index is 713. The van der Waals surface area contributed by atoms with Crippen molar-refractivity contribution in [3.05, 3.63) is 11.6 Å². The zero-order chi connectivity index (χ0) is 15.1. The van der Waals surface area contributed by atoms with E-state index in [1.54, 1.807) is 11.6 Å². The highest BCUT2D eigenvalue weighted by molar-refractivity contribution is 7.89. The number of anilines is 1. The van der Waals surface area contributed by atoms with E-state index in [4.69, 9.17) is 5.73 Å². The smallest absolute Gasteiger partial charge is 0.260 e. The summed E-state index contributed by atoms with van der Waals surface area (Å²) in [5, 5.41) is 1.80.